The Morgan fingerprint density at radius 3 is 2.70 bits per heavy atom. The van der Waals surface area contributed by atoms with Crippen LogP contribution in [0.1, 0.15) is 57.5 Å². The highest BCUT2D eigenvalue weighted by Crippen LogP contribution is 2.29. The van der Waals surface area contributed by atoms with Crippen LogP contribution in [0, 0.1) is 5.92 Å². The molecule has 0 amide bonds. The number of thioether (sulfide) groups is 1. The zero-order valence-electron chi connectivity index (χ0n) is 12.2. The second kappa shape index (κ2) is 7.64. The number of hydrogen-bond donors (Lipinski definition) is 1. The second-order valence-electron chi connectivity index (χ2n) is 5.94. The summed E-state index contributed by atoms with van der Waals surface area (Å²) in [4.78, 5) is 19.5. The van der Waals surface area contributed by atoms with Crippen molar-refractivity contribution in [1.82, 2.24) is 9.97 Å². The summed E-state index contributed by atoms with van der Waals surface area (Å²) in [5, 5.41) is 0.742. The van der Waals surface area contributed by atoms with Gasteiger partial charge in [-0.15, -0.1) is 0 Å². The van der Waals surface area contributed by atoms with Crippen molar-refractivity contribution in [2.45, 2.75) is 63.4 Å². The Bertz CT molecular complexity index is 495. The van der Waals surface area contributed by atoms with E-state index < -0.39 is 0 Å². The van der Waals surface area contributed by atoms with Gasteiger partial charge in [0.15, 0.2) is 0 Å². The van der Waals surface area contributed by atoms with Crippen molar-refractivity contribution in [3.8, 4) is 0 Å². The number of H-pyrrole nitrogens is 1. The van der Waals surface area contributed by atoms with E-state index in [2.05, 4.69) is 39.7 Å². The van der Waals surface area contributed by atoms with E-state index in [1.807, 2.05) is 11.8 Å². The fourth-order valence-electron chi connectivity index (χ4n) is 2.58. The molecule has 20 heavy (non-hydrogen) atoms. The first kappa shape index (κ1) is 16.1. The Balaban J connectivity index is 2.03. The van der Waals surface area contributed by atoms with Crippen LogP contribution in [0.5, 0.6) is 0 Å². The fourth-order valence-corrected chi connectivity index (χ4v) is 4.12. The third-order valence-corrected chi connectivity index (χ3v) is 5.79. The Labute approximate surface area is 133 Å². The molecule has 1 saturated carbocycles. The van der Waals surface area contributed by atoms with Gasteiger partial charge in [-0.3, -0.25) is 4.79 Å². The summed E-state index contributed by atoms with van der Waals surface area (Å²) < 4.78 is 0.595. The molecule has 0 saturated heterocycles. The quantitative estimate of drug-likeness (QED) is 0.853. The lowest BCUT2D eigenvalue weighted by Gasteiger charge is -2.20. The van der Waals surface area contributed by atoms with E-state index in [1.54, 1.807) is 0 Å². The van der Waals surface area contributed by atoms with Crippen LogP contribution in [0.4, 0.5) is 0 Å². The summed E-state index contributed by atoms with van der Waals surface area (Å²) in [6, 6.07) is 0. The standard InChI is InChI=1S/C15H23BrN2OS/c1-10(2)8-12-14(16)15(19)18-13(17-12)9-20-11-6-4-3-5-7-11/h10-11H,3-9H2,1-2H3,(H,17,18,19). The highest BCUT2D eigenvalue weighted by Gasteiger charge is 2.15. The van der Waals surface area contributed by atoms with Gasteiger partial charge in [0.1, 0.15) is 10.3 Å². The van der Waals surface area contributed by atoms with Gasteiger partial charge in [-0.2, -0.15) is 11.8 Å². The zero-order chi connectivity index (χ0) is 14.5. The zero-order valence-corrected chi connectivity index (χ0v) is 14.6. The molecule has 0 bridgehead atoms. The van der Waals surface area contributed by atoms with Gasteiger partial charge in [0.25, 0.3) is 5.56 Å². The first-order chi connectivity index (χ1) is 9.56. The van der Waals surface area contributed by atoms with E-state index in [4.69, 9.17) is 0 Å². The largest absolute Gasteiger partial charge is 0.309 e. The molecule has 3 nitrogen and oxygen atoms in total. The van der Waals surface area contributed by atoms with Crippen molar-refractivity contribution >= 4 is 27.7 Å². The lowest BCUT2D eigenvalue weighted by Crippen LogP contribution is -2.17. The van der Waals surface area contributed by atoms with Gasteiger partial charge in [0.05, 0.1) is 11.4 Å². The van der Waals surface area contributed by atoms with Crippen molar-refractivity contribution in [3.63, 3.8) is 0 Å². The SMILES string of the molecule is CC(C)Cc1nc(CSC2CCCCC2)[nH]c(=O)c1Br. The molecule has 1 aliphatic carbocycles. The number of nitrogens with one attached hydrogen (secondary N) is 1. The number of aromatic nitrogens is 2. The minimum absolute atomic E-state index is 0.0464. The molecule has 0 aliphatic heterocycles. The van der Waals surface area contributed by atoms with Gasteiger partial charge in [0.2, 0.25) is 0 Å². The molecule has 0 spiro atoms. The number of nitrogens with zero attached hydrogens (tertiary/aromatic N) is 1. The van der Waals surface area contributed by atoms with Crippen molar-refractivity contribution in [2.75, 3.05) is 0 Å². The molecule has 1 heterocycles. The summed E-state index contributed by atoms with van der Waals surface area (Å²) in [5.74, 6) is 2.14. The molecule has 1 aromatic rings. The lowest BCUT2D eigenvalue weighted by atomic mass is 10.0. The third-order valence-electron chi connectivity index (χ3n) is 3.59. The van der Waals surface area contributed by atoms with Gasteiger partial charge in [0, 0.05) is 5.25 Å². The average Bonchev–Trinajstić information content (AvgIpc) is 2.42. The highest BCUT2D eigenvalue weighted by atomic mass is 79.9. The summed E-state index contributed by atoms with van der Waals surface area (Å²) in [6.07, 6.45) is 7.53. The Morgan fingerprint density at radius 2 is 2.05 bits per heavy atom. The highest BCUT2D eigenvalue weighted by molar-refractivity contribution is 9.10. The fraction of sp³-hybridized carbons (Fsp3) is 0.733. The van der Waals surface area contributed by atoms with Crippen molar-refractivity contribution in [2.24, 2.45) is 5.92 Å². The van der Waals surface area contributed by atoms with E-state index in [0.717, 1.165) is 28.9 Å². The van der Waals surface area contributed by atoms with E-state index >= 15 is 0 Å². The van der Waals surface area contributed by atoms with Crippen LogP contribution in [-0.4, -0.2) is 15.2 Å². The van der Waals surface area contributed by atoms with Crippen LogP contribution in [0.3, 0.4) is 0 Å². The van der Waals surface area contributed by atoms with Gasteiger partial charge in [-0.25, -0.2) is 4.98 Å². The molecule has 0 aromatic carbocycles. The van der Waals surface area contributed by atoms with E-state index in [-0.39, 0.29) is 5.56 Å². The monoisotopic (exact) mass is 358 g/mol. The topological polar surface area (TPSA) is 45.8 Å². The number of aromatic amines is 1. The van der Waals surface area contributed by atoms with E-state index in [9.17, 15) is 4.79 Å². The molecule has 1 N–H and O–H groups in total. The Kier molecular flexibility index (Phi) is 6.15. The maximum atomic E-state index is 11.9. The smallest absolute Gasteiger partial charge is 0.265 e. The van der Waals surface area contributed by atoms with Crippen LogP contribution in [0.15, 0.2) is 9.27 Å². The molecule has 5 heteroatoms. The molecule has 0 radical (unpaired) electrons. The Morgan fingerprint density at radius 1 is 1.35 bits per heavy atom. The maximum Gasteiger partial charge on any atom is 0.265 e. The van der Waals surface area contributed by atoms with Gasteiger partial charge >= 0.3 is 0 Å². The van der Waals surface area contributed by atoms with E-state index in [1.165, 1.54) is 32.1 Å². The Hall–Kier alpha value is -0.290. The number of rotatable bonds is 5. The predicted molar refractivity (Wildman–Crippen MR) is 89.3 cm³/mol. The second-order valence-corrected chi connectivity index (χ2v) is 8.02. The third kappa shape index (κ3) is 4.62. The summed E-state index contributed by atoms with van der Waals surface area (Å²) in [5.41, 5.74) is 0.845. The molecule has 0 unspecified atom stereocenters. The van der Waals surface area contributed by atoms with Crippen LogP contribution >= 0.6 is 27.7 Å². The lowest BCUT2D eigenvalue weighted by molar-refractivity contribution is 0.516. The van der Waals surface area contributed by atoms with Crippen LogP contribution in [0.25, 0.3) is 0 Å². The molecule has 112 valence electrons. The van der Waals surface area contributed by atoms with E-state index in [0.29, 0.717) is 10.4 Å². The minimum Gasteiger partial charge on any atom is -0.309 e. The number of hydrogen-bond acceptors (Lipinski definition) is 3. The summed E-state index contributed by atoms with van der Waals surface area (Å²) in [7, 11) is 0. The minimum atomic E-state index is -0.0464. The molecule has 1 aliphatic rings. The van der Waals surface area contributed by atoms with Crippen LogP contribution < -0.4 is 5.56 Å². The van der Waals surface area contributed by atoms with Gasteiger partial charge < -0.3 is 4.98 Å². The summed E-state index contributed by atoms with van der Waals surface area (Å²) in [6.45, 7) is 4.29. The van der Waals surface area contributed by atoms with Crippen molar-refractivity contribution in [3.05, 3.63) is 26.3 Å². The molecule has 2 rings (SSSR count). The molecule has 1 aromatic heterocycles. The molecular formula is C15H23BrN2OS. The van der Waals surface area contributed by atoms with Gasteiger partial charge in [-0.05, 0) is 41.1 Å². The van der Waals surface area contributed by atoms with Crippen LogP contribution in [0.2, 0.25) is 0 Å². The first-order valence-electron chi connectivity index (χ1n) is 7.45. The summed E-state index contributed by atoms with van der Waals surface area (Å²) >= 11 is 5.30. The maximum absolute atomic E-state index is 11.9. The van der Waals surface area contributed by atoms with Crippen molar-refractivity contribution in [1.29, 1.82) is 0 Å². The number of halogens is 1. The van der Waals surface area contributed by atoms with Gasteiger partial charge in [-0.1, -0.05) is 33.1 Å². The van der Waals surface area contributed by atoms with Crippen molar-refractivity contribution < 1.29 is 0 Å². The van der Waals surface area contributed by atoms with Crippen LogP contribution in [-0.2, 0) is 12.2 Å². The average molecular weight is 359 g/mol. The molecule has 1 fully saturated rings. The molecular weight excluding hydrogens is 336 g/mol. The normalized spacial score (nSPS) is 16.8. The molecule has 0 atom stereocenters. The first-order valence-corrected chi connectivity index (χ1v) is 9.29. The predicted octanol–water partition coefficient (Wildman–Crippen LogP) is 4.30.